The molecule has 0 unspecified atom stereocenters. The zero-order valence-corrected chi connectivity index (χ0v) is 13.5. The number of halogens is 1. The third-order valence-electron chi connectivity index (χ3n) is 2.50. The summed E-state index contributed by atoms with van der Waals surface area (Å²) < 4.78 is 28.6. The zero-order valence-electron chi connectivity index (χ0n) is 10.6. The first-order valence-electron chi connectivity index (χ1n) is 5.57. The van der Waals surface area contributed by atoms with E-state index in [-0.39, 0.29) is 4.90 Å². The molecule has 0 bridgehead atoms. The minimum atomic E-state index is -3.69. The van der Waals surface area contributed by atoms with Crippen molar-refractivity contribution >= 4 is 32.6 Å². The predicted octanol–water partition coefficient (Wildman–Crippen LogP) is 2.08. The van der Waals surface area contributed by atoms with Crippen molar-refractivity contribution in [1.29, 1.82) is 0 Å². The highest BCUT2D eigenvalue weighted by Crippen LogP contribution is 2.25. The van der Waals surface area contributed by atoms with Crippen LogP contribution in [-0.4, -0.2) is 17.8 Å². The van der Waals surface area contributed by atoms with Crippen molar-refractivity contribution < 1.29 is 12.8 Å². The van der Waals surface area contributed by atoms with Gasteiger partial charge in [-0.15, -0.1) is 0 Å². The molecule has 0 fully saturated rings. The molecule has 0 atom stereocenters. The molecule has 1 heterocycles. The van der Waals surface area contributed by atoms with Crippen LogP contribution in [0.25, 0.3) is 11.3 Å². The number of hydrogen-bond acceptors (Lipinski definition) is 4. The molecular formula is C13H11IN2O3S. The van der Waals surface area contributed by atoms with E-state index in [1.807, 2.05) is 6.92 Å². The highest BCUT2D eigenvalue weighted by molar-refractivity contribution is 14.1. The van der Waals surface area contributed by atoms with Gasteiger partial charge in [0.25, 0.3) is 5.89 Å². The number of aryl methyl sites for hydroxylation is 1. The van der Waals surface area contributed by atoms with E-state index >= 15 is 0 Å². The lowest BCUT2D eigenvalue weighted by Gasteiger charge is -2.00. The van der Waals surface area contributed by atoms with Crippen LogP contribution in [0.2, 0.25) is 0 Å². The van der Waals surface area contributed by atoms with E-state index in [0.717, 1.165) is 5.56 Å². The van der Waals surface area contributed by atoms with Gasteiger partial charge in [-0.25, -0.2) is 18.5 Å². The summed E-state index contributed by atoms with van der Waals surface area (Å²) in [7, 11) is -3.69. The van der Waals surface area contributed by atoms with Gasteiger partial charge in [0, 0.05) is 5.56 Å². The number of hydrogen-bond donors (Lipinski definition) is 1. The van der Waals surface area contributed by atoms with Crippen molar-refractivity contribution in [1.82, 2.24) is 4.98 Å². The number of benzene rings is 1. The summed E-state index contributed by atoms with van der Waals surface area (Å²) in [5.74, 6) is 6.60. The molecule has 1 aromatic carbocycles. The van der Waals surface area contributed by atoms with Crippen LogP contribution in [0.5, 0.6) is 0 Å². The highest BCUT2D eigenvalue weighted by Gasteiger charge is 2.12. The van der Waals surface area contributed by atoms with E-state index in [1.54, 1.807) is 12.1 Å². The predicted molar refractivity (Wildman–Crippen MR) is 83.8 cm³/mol. The van der Waals surface area contributed by atoms with Gasteiger partial charge in [-0.3, -0.25) is 0 Å². The van der Waals surface area contributed by atoms with Crippen LogP contribution in [0, 0.1) is 18.8 Å². The topological polar surface area (TPSA) is 86.2 Å². The number of aromatic nitrogens is 1. The highest BCUT2D eigenvalue weighted by atomic mass is 127. The molecule has 2 aromatic rings. The molecule has 0 saturated heterocycles. The lowest BCUT2D eigenvalue weighted by atomic mass is 10.1. The van der Waals surface area contributed by atoms with Gasteiger partial charge in [0.2, 0.25) is 10.0 Å². The van der Waals surface area contributed by atoms with Crippen molar-refractivity contribution in [3.05, 3.63) is 35.9 Å². The summed E-state index contributed by atoms with van der Waals surface area (Å²) in [5.41, 5.74) is 1.43. The number of nitrogens with zero attached hydrogens (tertiary/aromatic N) is 1. The Morgan fingerprint density at radius 1 is 1.35 bits per heavy atom. The van der Waals surface area contributed by atoms with E-state index in [1.165, 1.54) is 12.1 Å². The normalized spacial score (nSPS) is 10.9. The Hall–Kier alpha value is -1.37. The Balaban J connectivity index is 2.39. The fourth-order valence-corrected chi connectivity index (χ4v) is 2.33. The SMILES string of the molecule is Cc1nc(C#CCI)oc1-c1ccc(S(N)(=O)=O)cc1. The molecule has 1 aromatic heterocycles. The first-order chi connectivity index (χ1) is 9.41. The summed E-state index contributed by atoms with van der Waals surface area (Å²) in [5, 5.41) is 5.05. The van der Waals surface area contributed by atoms with E-state index in [4.69, 9.17) is 9.56 Å². The second-order valence-corrected chi connectivity index (χ2v) is 6.26. The smallest absolute Gasteiger partial charge is 0.274 e. The second-order valence-electron chi connectivity index (χ2n) is 3.94. The molecule has 0 aliphatic rings. The van der Waals surface area contributed by atoms with Crippen LogP contribution in [0.4, 0.5) is 0 Å². The van der Waals surface area contributed by atoms with Crippen LogP contribution in [-0.2, 0) is 10.0 Å². The number of nitrogens with two attached hydrogens (primary N) is 1. The standard InChI is InChI=1S/C13H11IN2O3S/c1-9-13(19-12(16-9)3-2-8-14)10-4-6-11(7-5-10)20(15,17)18/h4-7H,8H2,1H3,(H2,15,17,18). The fraction of sp³-hybridized carbons (Fsp3) is 0.154. The Labute approximate surface area is 130 Å². The molecule has 2 N–H and O–H groups in total. The first kappa shape index (κ1) is 15.0. The van der Waals surface area contributed by atoms with Crippen LogP contribution < -0.4 is 5.14 Å². The largest absolute Gasteiger partial charge is 0.430 e. The number of primary sulfonamides is 1. The van der Waals surface area contributed by atoms with Crippen molar-refractivity contribution in [2.24, 2.45) is 5.14 Å². The Bertz CT molecular complexity index is 783. The lowest BCUT2D eigenvalue weighted by Crippen LogP contribution is -2.11. The van der Waals surface area contributed by atoms with E-state index < -0.39 is 10.0 Å². The van der Waals surface area contributed by atoms with Crippen LogP contribution in [0.1, 0.15) is 11.6 Å². The number of alkyl halides is 1. The number of rotatable bonds is 2. The van der Waals surface area contributed by atoms with E-state index in [9.17, 15) is 8.42 Å². The summed E-state index contributed by atoms with van der Waals surface area (Å²) in [6.45, 7) is 1.81. The van der Waals surface area contributed by atoms with Crippen LogP contribution in [0.15, 0.2) is 33.6 Å². The molecule has 0 aliphatic carbocycles. The van der Waals surface area contributed by atoms with Gasteiger partial charge >= 0.3 is 0 Å². The minimum absolute atomic E-state index is 0.0587. The lowest BCUT2D eigenvalue weighted by molar-refractivity contribution is 0.556. The molecule has 7 heteroatoms. The van der Waals surface area contributed by atoms with Gasteiger partial charge in [-0.05, 0) is 37.1 Å². The van der Waals surface area contributed by atoms with Crippen molar-refractivity contribution in [3.8, 4) is 23.2 Å². The van der Waals surface area contributed by atoms with Gasteiger partial charge in [0.1, 0.15) is 0 Å². The molecule has 0 spiro atoms. The van der Waals surface area contributed by atoms with Crippen LogP contribution in [0.3, 0.4) is 0 Å². The van der Waals surface area contributed by atoms with E-state index in [2.05, 4.69) is 39.4 Å². The summed E-state index contributed by atoms with van der Waals surface area (Å²) in [6, 6.07) is 6.12. The maximum absolute atomic E-state index is 11.2. The molecule has 2 rings (SSSR count). The Morgan fingerprint density at radius 3 is 2.55 bits per heavy atom. The summed E-state index contributed by atoms with van der Waals surface area (Å²) >= 11 is 2.14. The average Bonchev–Trinajstić information content (AvgIpc) is 2.77. The molecular weight excluding hydrogens is 391 g/mol. The average molecular weight is 402 g/mol. The first-order valence-corrected chi connectivity index (χ1v) is 8.64. The molecule has 0 amide bonds. The van der Waals surface area contributed by atoms with E-state index in [0.29, 0.717) is 21.8 Å². The maximum atomic E-state index is 11.2. The maximum Gasteiger partial charge on any atom is 0.274 e. The molecule has 104 valence electrons. The van der Waals surface area contributed by atoms with Crippen molar-refractivity contribution in [2.75, 3.05) is 4.43 Å². The van der Waals surface area contributed by atoms with Gasteiger partial charge in [0.05, 0.1) is 15.0 Å². The number of sulfonamides is 1. The van der Waals surface area contributed by atoms with Gasteiger partial charge in [-0.1, -0.05) is 28.5 Å². The summed E-state index contributed by atoms with van der Waals surface area (Å²) in [4.78, 5) is 4.27. The third-order valence-corrected chi connectivity index (χ3v) is 3.81. The third kappa shape index (κ3) is 3.39. The van der Waals surface area contributed by atoms with Gasteiger partial charge < -0.3 is 4.42 Å². The second kappa shape index (κ2) is 5.95. The Kier molecular flexibility index (Phi) is 4.47. The fourth-order valence-electron chi connectivity index (χ4n) is 1.62. The van der Waals surface area contributed by atoms with Crippen molar-refractivity contribution in [2.45, 2.75) is 11.8 Å². The minimum Gasteiger partial charge on any atom is -0.430 e. The number of oxazole rings is 1. The molecule has 20 heavy (non-hydrogen) atoms. The van der Waals surface area contributed by atoms with Crippen LogP contribution >= 0.6 is 22.6 Å². The van der Waals surface area contributed by atoms with Crippen molar-refractivity contribution in [3.63, 3.8) is 0 Å². The Morgan fingerprint density at radius 2 is 2.00 bits per heavy atom. The molecule has 0 radical (unpaired) electrons. The molecule has 0 aliphatic heterocycles. The quantitative estimate of drug-likeness (QED) is 0.474. The van der Waals surface area contributed by atoms with Gasteiger partial charge in [0.15, 0.2) is 5.76 Å². The summed E-state index contributed by atoms with van der Waals surface area (Å²) in [6.07, 6.45) is 0. The zero-order chi connectivity index (χ0) is 14.8. The monoisotopic (exact) mass is 402 g/mol. The van der Waals surface area contributed by atoms with Gasteiger partial charge in [-0.2, -0.15) is 0 Å². The molecule has 0 saturated carbocycles. The molecule has 5 nitrogen and oxygen atoms in total.